The van der Waals surface area contributed by atoms with Crippen LogP contribution in [0.3, 0.4) is 0 Å². The maximum Gasteiger partial charge on any atom is 0.321 e. The number of nitrogens with zero attached hydrogens (tertiary/aromatic N) is 1. The van der Waals surface area contributed by atoms with Gasteiger partial charge in [0.25, 0.3) is 0 Å². The first-order valence-electron chi connectivity index (χ1n) is 6.04. The van der Waals surface area contributed by atoms with E-state index in [0.717, 1.165) is 26.2 Å². The molecule has 3 N–H and O–H groups in total. The van der Waals surface area contributed by atoms with E-state index in [1.54, 1.807) is 0 Å². The molecule has 0 aromatic rings. The Labute approximate surface area is 102 Å². The van der Waals surface area contributed by atoms with Gasteiger partial charge in [0, 0.05) is 26.6 Å². The highest BCUT2D eigenvalue weighted by atomic mass is 16.2. The molecule has 0 aromatic heterocycles. The fourth-order valence-corrected chi connectivity index (χ4v) is 2.08. The third-order valence-electron chi connectivity index (χ3n) is 3.00. The Morgan fingerprint density at radius 2 is 2.12 bits per heavy atom. The molecule has 0 radical (unpaired) electrons. The normalized spacial score (nSPS) is 20.2. The molecule has 3 amide bonds. The van der Waals surface area contributed by atoms with Crippen LogP contribution in [0.25, 0.3) is 0 Å². The van der Waals surface area contributed by atoms with E-state index in [2.05, 4.69) is 20.9 Å². The Bertz CT molecular complexity index is 270. The summed E-state index contributed by atoms with van der Waals surface area (Å²) in [7, 11) is 3.45. The van der Waals surface area contributed by atoms with Gasteiger partial charge in [0.2, 0.25) is 5.91 Å². The molecule has 0 aliphatic carbocycles. The van der Waals surface area contributed by atoms with Gasteiger partial charge in [-0.15, -0.1) is 0 Å². The first-order valence-corrected chi connectivity index (χ1v) is 6.04. The highest BCUT2D eigenvalue weighted by molar-refractivity contribution is 5.94. The summed E-state index contributed by atoms with van der Waals surface area (Å²) in [5.41, 5.74) is 0. The van der Waals surface area contributed by atoms with Crippen LogP contribution in [0.5, 0.6) is 0 Å². The molecule has 0 spiro atoms. The molecular formula is C11H22N4O2. The summed E-state index contributed by atoms with van der Waals surface area (Å²) in [4.78, 5) is 24.5. The van der Waals surface area contributed by atoms with Gasteiger partial charge in [0.1, 0.15) is 0 Å². The molecule has 0 aromatic carbocycles. The largest absolute Gasteiger partial charge is 0.341 e. The van der Waals surface area contributed by atoms with Gasteiger partial charge in [-0.05, 0) is 32.5 Å². The number of amides is 3. The predicted molar refractivity (Wildman–Crippen MR) is 65.7 cm³/mol. The van der Waals surface area contributed by atoms with Crippen LogP contribution in [0.1, 0.15) is 12.8 Å². The van der Waals surface area contributed by atoms with Crippen LogP contribution in [0.2, 0.25) is 0 Å². The van der Waals surface area contributed by atoms with E-state index in [4.69, 9.17) is 0 Å². The Morgan fingerprint density at radius 1 is 1.35 bits per heavy atom. The molecule has 1 heterocycles. The van der Waals surface area contributed by atoms with Crippen LogP contribution in [-0.2, 0) is 4.79 Å². The lowest BCUT2D eigenvalue weighted by Gasteiger charge is -2.15. The van der Waals surface area contributed by atoms with Crippen molar-refractivity contribution in [2.75, 3.05) is 40.3 Å². The molecule has 1 saturated heterocycles. The number of imide groups is 1. The summed E-state index contributed by atoms with van der Waals surface area (Å²) >= 11 is 0. The number of likely N-dealkylation sites (tertiary alicyclic amines) is 1. The van der Waals surface area contributed by atoms with Gasteiger partial charge in [-0.3, -0.25) is 10.1 Å². The number of rotatable bonds is 5. The molecule has 98 valence electrons. The van der Waals surface area contributed by atoms with E-state index in [9.17, 15) is 9.59 Å². The summed E-state index contributed by atoms with van der Waals surface area (Å²) in [6.07, 6.45) is 1.55. The summed E-state index contributed by atoms with van der Waals surface area (Å²) in [5.74, 6) is 0.461. The topological polar surface area (TPSA) is 73.5 Å². The summed E-state index contributed by atoms with van der Waals surface area (Å²) in [6, 6.07) is -0.440. The molecule has 1 atom stereocenters. The second-order valence-electron chi connectivity index (χ2n) is 4.39. The van der Waals surface area contributed by atoms with Crippen molar-refractivity contribution in [3.05, 3.63) is 0 Å². The zero-order valence-electron chi connectivity index (χ0n) is 10.6. The van der Waals surface area contributed by atoms with Gasteiger partial charge in [-0.25, -0.2) is 4.79 Å². The molecule has 0 bridgehead atoms. The van der Waals surface area contributed by atoms with Crippen LogP contribution < -0.4 is 16.0 Å². The monoisotopic (exact) mass is 242 g/mol. The van der Waals surface area contributed by atoms with Gasteiger partial charge in [-0.2, -0.15) is 0 Å². The fourth-order valence-electron chi connectivity index (χ4n) is 2.08. The number of hydrogen-bond donors (Lipinski definition) is 3. The smallest absolute Gasteiger partial charge is 0.321 e. The van der Waals surface area contributed by atoms with Gasteiger partial charge in [-0.1, -0.05) is 0 Å². The van der Waals surface area contributed by atoms with Gasteiger partial charge >= 0.3 is 6.03 Å². The third kappa shape index (κ3) is 5.14. The maximum atomic E-state index is 11.4. The second-order valence-corrected chi connectivity index (χ2v) is 4.39. The van der Waals surface area contributed by atoms with Crippen LogP contribution in [0.4, 0.5) is 4.79 Å². The van der Waals surface area contributed by atoms with E-state index >= 15 is 0 Å². The average Bonchev–Trinajstić information content (AvgIpc) is 2.74. The van der Waals surface area contributed by atoms with E-state index in [1.807, 2.05) is 7.05 Å². The minimum atomic E-state index is -0.440. The number of carbonyl (C=O) groups excluding carboxylic acids is 2. The molecule has 6 heteroatoms. The van der Waals surface area contributed by atoms with Crippen molar-refractivity contribution in [1.82, 2.24) is 20.9 Å². The SMILES string of the molecule is CNCC1CCN(CCC(=O)NC(=O)NC)C1. The van der Waals surface area contributed by atoms with Crippen LogP contribution in [-0.4, -0.2) is 57.1 Å². The molecule has 1 unspecified atom stereocenters. The van der Waals surface area contributed by atoms with E-state index in [1.165, 1.54) is 13.5 Å². The fraction of sp³-hybridized carbons (Fsp3) is 0.818. The van der Waals surface area contributed by atoms with Crippen molar-refractivity contribution < 1.29 is 9.59 Å². The standard InChI is InChI=1S/C11H22N4O2/c1-12-7-9-3-5-15(8-9)6-4-10(16)14-11(17)13-2/h9,12H,3-8H2,1-2H3,(H2,13,14,16,17). The van der Waals surface area contributed by atoms with E-state index in [-0.39, 0.29) is 5.91 Å². The average molecular weight is 242 g/mol. The van der Waals surface area contributed by atoms with Crippen LogP contribution in [0, 0.1) is 5.92 Å². The van der Waals surface area contributed by atoms with Crippen molar-refractivity contribution in [2.24, 2.45) is 5.92 Å². The summed E-state index contributed by atoms with van der Waals surface area (Å²) < 4.78 is 0. The second kappa shape index (κ2) is 7.24. The van der Waals surface area contributed by atoms with Crippen molar-refractivity contribution >= 4 is 11.9 Å². The zero-order valence-corrected chi connectivity index (χ0v) is 10.6. The molecule has 1 aliphatic heterocycles. The number of nitrogens with one attached hydrogen (secondary N) is 3. The van der Waals surface area contributed by atoms with Gasteiger partial charge in [0.15, 0.2) is 0 Å². The lowest BCUT2D eigenvalue weighted by atomic mass is 10.1. The highest BCUT2D eigenvalue weighted by Gasteiger charge is 2.21. The van der Waals surface area contributed by atoms with Crippen molar-refractivity contribution in [3.63, 3.8) is 0 Å². The maximum absolute atomic E-state index is 11.4. The molecule has 0 saturated carbocycles. The Kier molecular flexibility index (Phi) is 5.93. The van der Waals surface area contributed by atoms with E-state index in [0.29, 0.717) is 12.3 Å². The first kappa shape index (κ1) is 13.9. The van der Waals surface area contributed by atoms with Gasteiger partial charge in [0.05, 0.1) is 0 Å². The molecule has 6 nitrogen and oxygen atoms in total. The van der Waals surface area contributed by atoms with Gasteiger partial charge < -0.3 is 15.5 Å². The summed E-state index contributed by atoms with van der Waals surface area (Å²) in [5, 5.41) is 7.79. The molecular weight excluding hydrogens is 220 g/mol. The van der Waals surface area contributed by atoms with Crippen LogP contribution >= 0.6 is 0 Å². The lowest BCUT2D eigenvalue weighted by Crippen LogP contribution is -2.39. The van der Waals surface area contributed by atoms with E-state index < -0.39 is 6.03 Å². The molecule has 1 aliphatic rings. The first-order chi connectivity index (χ1) is 8.15. The number of hydrogen-bond acceptors (Lipinski definition) is 4. The van der Waals surface area contributed by atoms with Crippen molar-refractivity contribution in [2.45, 2.75) is 12.8 Å². The summed E-state index contributed by atoms with van der Waals surface area (Å²) in [6.45, 7) is 3.83. The van der Waals surface area contributed by atoms with Crippen LogP contribution in [0.15, 0.2) is 0 Å². The third-order valence-corrected chi connectivity index (χ3v) is 3.00. The number of carbonyl (C=O) groups is 2. The molecule has 1 rings (SSSR count). The minimum absolute atomic E-state index is 0.221. The Morgan fingerprint density at radius 3 is 2.76 bits per heavy atom. The lowest BCUT2D eigenvalue weighted by molar-refractivity contribution is -0.120. The molecule has 1 fully saturated rings. The number of urea groups is 1. The van der Waals surface area contributed by atoms with Crippen molar-refractivity contribution in [3.8, 4) is 0 Å². The quantitative estimate of drug-likeness (QED) is 0.600. The Hall–Kier alpha value is -1.14. The zero-order chi connectivity index (χ0) is 12.7. The van der Waals surface area contributed by atoms with Crippen molar-refractivity contribution in [1.29, 1.82) is 0 Å². The highest BCUT2D eigenvalue weighted by Crippen LogP contribution is 2.15. The molecule has 17 heavy (non-hydrogen) atoms. The Balaban J connectivity index is 2.15. The predicted octanol–water partition coefficient (Wildman–Crippen LogP) is -0.627. The minimum Gasteiger partial charge on any atom is -0.341 e.